The molecule has 3 N–H and O–H groups in total. The molecule has 1 aliphatic carbocycles. The van der Waals surface area contributed by atoms with Crippen LogP contribution in [-0.2, 0) is 10.0 Å². The van der Waals surface area contributed by atoms with Gasteiger partial charge in [0.2, 0.25) is 0 Å². The lowest BCUT2D eigenvalue weighted by Gasteiger charge is -2.17. The van der Waals surface area contributed by atoms with E-state index in [1.54, 1.807) is 24.4 Å². The van der Waals surface area contributed by atoms with Gasteiger partial charge in [0.05, 0.1) is 0 Å². The zero-order chi connectivity index (χ0) is 15.3. The zero-order valence-electron chi connectivity index (χ0n) is 12.2. The number of nitrogens with zero attached hydrogens (tertiary/aromatic N) is 2. The monoisotopic (exact) mass is 308 g/mol. The summed E-state index contributed by atoms with van der Waals surface area (Å²) in [5.74, 6) is 0.0333. The molecule has 0 radical (unpaired) electrons. The van der Waals surface area contributed by atoms with Crippen LogP contribution in [0.5, 0.6) is 0 Å². The first kappa shape index (κ1) is 14.3. The minimum atomic E-state index is -3.68. The SMILES string of the molecule is CC1(C)CCC(NS(=O)(=O)c2c(N)nc3ccccn23)C1. The van der Waals surface area contributed by atoms with Crippen molar-refractivity contribution in [2.45, 2.75) is 44.2 Å². The summed E-state index contributed by atoms with van der Waals surface area (Å²) in [7, 11) is -3.68. The second-order valence-corrected chi connectivity index (χ2v) is 8.09. The van der Waals surface area contributed by atoms with Crippen LogP contribution in [0.3, 0.4) is 0 Å². The van der Waals surface area contributed by atoms with E-state index in [1.807, 2.05) is 0 Å². The molecule has 2 aromatic rings. The first-order chi connectivity index (χ1) is 9.78. The van der Waals surface area contributed by atoms with Crippen LogP contribution >= 0.6 is 0 Å². The summed E-state index contributed by atoms with van der Waals surface area (Å²) < 4.78 is 29.6. The van der Waals surface area contributed by atoms with E-state index in [9.17, 15) is 8.42 Å². The van der Waals surface area contributed by atoms with E-state index in [1.165, 1.54) is 4.40 Å². The summed E-state index contributed by atoms with van der Waals surface area (Å²) in [6, 6.07) is 5.24. The fourth-order valence-corrected chi connectivity index (χ4v) is 4.56. The number of anilines is 1. The van der Waals surface area contributed by atoms with Crippen LogP contribution in [-0.4, -0.2) is 23.8 Å². The van der Waals surface area contributed by atoms with E-state index in [-0.39, 0.29) is 22.3 Å². The van der Waals surface area contributed by atoms with Crippen molar-refractivity contribution in [1.82, 2.24) is 14.1 Å². The summed E-state index contributed by atoms with van der Waals surface area (Å²) in [5.41, 5.74) is 6.52. The highest BCUT2D eigenvalue weighted by Crippen LogP contribution is 2.37. The molecule has 3 rings (SSSR count). The molecule has 0 amide bonds. The number of nitrogen functional groups attached to an aromatic ring is 1. The number of pyridine rings is 1. The molecule has 1 atom stereocenters. The maximum absolute atomic E-state index is 12.6. The Hall–Kier alpha value is -1.60. The third-order valence-electron chi connectivity index (χ3n) is 4.06. The van der Waals surface area contributed by atoms with Crippen LogP contribution in [0, 0.1) is 5.41 Å². The summed E-state index contributed by atoms with van der Waals surface area (Å²) >= 11 is 0. The van der Waals surface area contributed by atoms with E-state index >= 15 is 0 Å². The number of sulfonamides is 1. The average Bonchev–Trinajstić information content (AvgIpc) is 2.87. The van der Waals surface area contributed by atoms with Gasteiger partial charge < -0.3 is 5.73 Å². The smallest absolute Gasteiger partial charge is 0.260 e. The highest BCUT2D eigenvalue weighted by atomic mass is 32.2. The van der Waals surface area contributed by atoms with Gasteiger partial charge >= 0.3 is 0 Å². The van der Waals surface area contributed by atoms with Crippen molar-refractivity contribution in [1.29, 1.82) is 0 Å². The van der Waals surface area contributed by atoms with Crippen molar-refractivity contribution in [2.24, 2.45) is 5.41 Å². The van der Waals surface area contributed by atoms with Crippen LogP contribution in [0.1, 0.15) is 33.1 Å². The Balaban J connectivity index is 1.96. The van der Waals surface area contributed by atoms with Crippen molar-refractivity contribution in [3.8, 4) is 0 Å². The summed E-state index contributed by atoms with van der Waals surface area (Å²) in [6.45, 7) is 4.31. The number of imidazole rings is 1. The highest BCUT2D eigenvalue weighted by Gasteiger charge is 2.35. The molecule has 2 aromatic heterocycles. The Morgan fingerprint density at radius 1 is 1.43 bits per heavy atom. The minimum absolute atomic E-state index is 0.0304. The van der Waals surface area contributed by atoms with Crippen LogP contribution in [0.4, 0.5) is 5.82 Å². The van der Waals surface area contributed by atoms with Gasteiger partial charge in [-0.25, -0.2) is 18.1 Å². The van der Waals surface area contributed by atoms with Gasteiger partial charge in [0.25, 0.3) is 10.0 Å². The zero-order valence-corrected chi connectivity index (χ0v) is 13.0. The highest BCUT2D eigenvalue weighted by molar-refractivity contribution is 7.89. The second-order valence-electron chi connectivity index (χ2n) is 6.46. The van der Waals surface area contributed by atoms with Gasteiger partial charge in [-0.1, -0.05) is 19.9 Å². The molecule has 1 unspecified atom stereocenters. The Morgan fingerprint density at radius 2 is 2.19 bits per heavy atom. The summed E-state index contributed by atoms with van der Waals surface area (Å²) in [6.07, 6.45) is 4.36. The number of hydrogen-bond donors (Lipinski definition) is 2. The largest absolute Gasteiger partial charge is 0.381 e. The summed E-state index contributed by atoms with van der Waals surface area (Å²) in [5, 5.41) is 0.0304. The molecule has 1 fully saturated rings. The normalized spacial score (nSPS) is 21.9. The number of rotatable bonds is 3. The average molecular weight is 308 g/mol. The van der Waals surface area contributed by atoms with Crippen molar-refractivity contribution < 1.29 is 8.42 Å². The Labute approximate surface area is 124 Å². The molecule has 1 saturated carbocycles. The van der Waals surface area contributed by atoms with Crippen LogP contribution in [0.2, 0.25) is 0 Å². The fourth-order valence-electron chi connectivity index (χ4n) is 3.07. The van der Waals surface area contributed by atoms with Crippen LogP contribution in [0.25, 0.3) is 5.65 Å². The second kappa shape index (κ2) is 4.71. The van der Waals surface area contributed by atoms with Gasteiger partial charge in [-0.05, 0) is 36.8 Å². The van der Waals surface area contributed by atoms with E-state index < -0.39 is 10.0 Å². The molecule has 0 aromatic carbocycles. The first-order valence-electron chi connectivity index (χ1n) is 7.03. The van der Waals surface area contributed by atoms with Crippen LogP contribution in [0.15, 0.2) is 29.4 Å². The molecule has 0 saturated heterocycles. The van der Waals surface area contributed by atoms with Gasteiger partial charge in [-0.15, -0.1) is 0 Å². The maximum atomic E-state index is 12.6. The van der Waals surface area contributed by atoms with Crippen molar-refractivity contribution in [2.75, 3.05) is 5.73 Å². The standard InChI is InChI=1S/C14H20N4O2S/c1-14(2)7-6-10(9-14)17-21(19,20)13-12(15)16-11-5-3-4-8-18(11)13/h3-5,8,10,17H,6-7,9,15H2,1-2H3. The van der Waals surface area contributed by atoms with Gasteiger partial charge in [0.15, 0.2) is 10.8 Å². The number of nitrogens with two attached hydrogens (primary N) is 1. The first-order valence-corrected chi connectivity index (χ1v) is 8.52. The maximum Gasteiger partial charge on any atom is 0.260 e. The topological polar surface area (TPSA) is 89.5 Å². The molecule has 114 valence electrons. The quantitative estimate of drug-likeness (QED) is 0.904. The molecule has 0 spiro atoms. The van der Waals surface area contributed by atoms with Gasteiger partial charge in [-0.2, -0.15) is 0 Å². The van der Waals surface area contributed by atoms with E-state index in [0.29, 0.717) is 5.65 Å². The number of hydrogen-bond acceptors (Lipinski definition) is 4. The van der Waals surface area contributed by atoms with Crippen molar-refractivity contribution in [3.05, 3.63) is 24.4 Å². The molecule has 0 aliphatic heterocycles. The number of aromatic nitrogens is 2. The molecule has 7 heteroatoms. The predicted molar refractivity (Wildman–Crippen MR) is 81.3 cm³/mol. The molecule has 2 heterocycles. The lowest BCUT2D eigenvalue weighted by atomic mass is 9.92. The molecule has 1 aliphatic rings. The Morgan fingerprint density at radius 3 is 2.86 bits per heavy atom. The Kier molecular flexibility index (Phi) is 3.22. The van der Waals surface area contributed by atoms with Gasteiger partial charge in [0, 0.05) is 12.2 Å². The fraction of sp³-hybridized carbons (Fsp3) is 0.500. The van der Waals surface area contributed by atoms with E-state index in [2.05, 4.69) is 23.6 Å². The van der Waals surface area contributed by atoms with E-state index in [4.69, 9.17) is 5.73 Å². The molecular formula is C14H20N4O2S. The lowest BCUT2D eigenvalue weighted by Crippen LogP contribution is -2.34. The summed E-state index contributed by atoms with van der Waals surface area (Å²) in [4.78, 5) is 4.10. The third-order valence-corrected chi connectivity index (χ3v) is 5.61. The predicted octanol–water partition coefficient (Wildman–Crippen LogP) is 1.77. The van der Waals surface area contributed by atoms with Crippen molar-refractivity contribution >= 4 is 21.5 Å². The number of nitrogens with one attached hydrogen (secondary N) is 1. The number of fused-ring (bicyclic) bond motifs is 1. The molecular weight excluding hydrogens is 288 g/mol. The van der Waals surface area contributed by atoms with Gasteiger partial charge in [-0.3, -0.25) is 4.40 Å². The van der Waals surface area contributed by atoms with Crippen molar-refractivity contribution in [3.63, 3.8) is 0 Å². The van der Waals surface area contributed by atoms with E-state index in [0.717, 1.165) is 19.3 Å². The van der Waals surface area contributed by atoms with Crippen LogP contribution < -0.4 is 10.5 Å². The molecule has 6 nitrogen and oxygen atoms in total. The third kappa shape index (κ3) is 2.63. The Bertz CT molecular complexity index is 779. The van der Waals surface area contributed by atoms with Gasteiger partial charge in [0.1, 0.15) is 5.65 Å². The lowest BCUT2D eigenvalue weighted by molar-refractivity contribution is 0.372. The minimum Gasteiger partial charge on any atom is -0.381 e. The molecule has 0 bridgehead atoms. The molecule has 21 heavy (non-hydrogen) atoms.